The van der Waals surface area contributed by atoms with Crippen LogP contribution in [0, 0.1) is 0 Å². The molecule has 0 atom stereocenters. The fourth-order valence-corrected chi connectivity index (χ4v) is 1.14. The third-order valence-electron chi connectivity index (χ3n) is 1.92. The zero-order valence-corrected chi connectivity index (χ0v) is 11.2. The van der Waals surface area contributed by atoms with E-state index in [4.69, 9.17) is 0 Å². The molecule has 0 saturated heterocycles. The molecule has 0 aromatic rings. The molecule has 1 aliphatic rings. The Morgan fingerprint density at radius 1 is 1.62 bits per heavy atom. The summed E-state index contributed by atoms with van der Waals surface area (Å²) in [5, 5.41) is 4.87. The van der Waals surface area contributed by atoms with Gasteiger partial charge in [0.15, 0.2) is 5.96 Å². The number of likely N-dealkylation sites (N-methyl/N-ethyl adjacent to an activating group) is 1. The van der Waals surface area contributed by atoms with Crippen molar-refractivity contribution in [1.82, 2.24) is 15.5 Å². The van der Waals surface area contributed by atoms with E-state index in [-0.39, 0.29) is 30.5 Å². The van der Waals surface area contributed by atoms with E-state index in [1.807, 2.05) is 11.9 Å². The summed E-state index contributed by atoms with van der Waals surface area (Å²) in [6.07, 6.45) is -2.51. The molecule has 1 aliphatic heterocycles. The van der Waals surface area contributed by atoms with Gasteiger partial charge in [-0.05, 0) is 0 Å². The van der Waals surface area contributed by atoms with Gasteiger partial charge in [-0.3, -0.25) is 9.79 Å². The summed E-state index contributed by atoms with van der Waals surface area (Å²) in [5.74, 6) is 0.167. The third-order valence-corrected chi connectivity index (χ3v) is 1.92. The van der Waals surface area contributed by atoms with E-state index >= 15 is 0 Å². The number of rotatable bonds is 4. The fourth-order valence-electron chi connectivity index (χ4n) is 1.14. The number of carbonyl (C=O) groups excluding carboxylic acids is 1. The minimum atomic E-state index is -2.51. The largest absolute Gasteiger partial charge is 0.349 e. The molecule has 0 radical (unpaired) electrons. The van der Waals surface area contributed by atoms with Crippen molar-refractivity contribution in [2.75, 3.05) is 33.2 Å². The normalized spacial score (nSPS) is 14.5. The van der Waals surface area contributed by atoms with Crippen molar-refractivity contribution in [3.8, 4) is 0 Å². The highest BCUT2D eigenvalue weighted by atomic mass is 127. The van der Waals surface area contributed by atoms with Crippen molar-refractivity contribution in [3.05, 3.63) is 0 Å². The highest BCUT2D eigenvalue weighted by Gasteiger charge is 2.13. The Hall–Kier alpha value is -0.670. The maximum Gasteiger partial charge on any atom is 0.255 e. The zero-order chi connectivity index (χ0) is 11.3. The van der Waals surface area contributed by atoms with Gasteiger partial charge in [0.05, 0.1) is 19.6 Å². The molecule has 2 N–H and O–H groups in total. The first-order chi connectivity index (χ1) is 7.09. The van der Waals surface area contributed by atoms with Crippen LogP contribution in [0.3, 0.4) is 0 Å². The van der Waals surface area contributed by atoms with Crippen LogP contribution in [0.25, 0.3) is 0 Å². The average molecular weight is 348 g/mol. The maximum absolute atomic E-state index is 11.7. The second-order valence-electron chi connectivity index (χ2n) is 3.18. The number of alkyl halides is 2. The summed E-state index contributed by atoms with van der Waals surface area (Å²) < 4.78 is 23.5. The molecule has 1 amide bonds. The molecule has 0 bridgehead atoms. The van der Waals surface area contributed by atoms with Crippen LogP contribution < -0.4 is 10.6 Å². The average Bonchev–Trinajstić information content (AvgIpc) is 2.58. The minimum absolute atomic E-state index is 0. The Morgan fingerprint density at radius 3 is 2.81 bits per heavy atom. The molecule has 94 valence electrons. The van der Waals surface area contributed by atoms with E-state index in [0.717, 1.165) is 6.54 Å². The second-order valence-corrected chi connectivity index (χ2v) is 3.18. The van der Waals surface area contributed by atoms with Gasteiger partial charge >= 0.3 is 0 Å². The van der Waals surface area contributed by atoms with E-state index in [2.05, 4.69) is 15.6 Å². The SMILES string of the molecule is CN1CCN=C1NCC(=O)NCC(F)F.I. The lowest BCUT2D eigenvalue weighted by Crippen LogP contribution is -2.42. The Labute approximate surface area is 110 Å². The van der Waals surface area contributed by atoms with Gasteiger partial charge in [-0.15, -0.1) is 24.0 Å². The quantitative estimate of drug-likeness (QED) is 0.697. The third kappa shape index (κ3) is 5.42. The lowest BCUT2D eigenvalue weighted by atomic mass is 10.5. The zero-order valence-electron chi connectivity index (χ0n) is 8.87. The number of halogens is 3. The highest BCUT2D eigenvalue weighted by molar-refractivity contribution is 14.0. The summed E-state index contributed by atoms with van der Waals surface area (Å²) >= 11 is 0. The number of aliphatic imine (C=N–C) groups is 1. The summed E-state index contributed by atoms with van der Waals surface area (Å²) in [6.45, 7) is 0.858. The minimum Gasteiger partial charge on any atom is -0.349 e. The van der Waals surface area contributed by atoms with Crippen LogP contribution in [-0.4, -0.2) is 56.4 Å². The van der Waals surface area contributed by atoms with Gasteiger partial charge in [-0.2, -0.15) is 0 Å². The molecular formula is C8H15F2IN4O. The van der Waals surface area contributed by atoms with Gasteiger partial charge in [-0.1, -0.05) is 0 Å². The summed E-state index contributed by atoms with van der Waals surface area (Å²) in [6, 6.07) is 0. The Morgan fingerprint density at radius 2 is 2.31 bits per heavy atom. The van der Waals surface area contributed by atoms with Crippen molar-refractivity contribution in [1.29, 1.82) is 0 Å². The molecule has 5 nitrogen and oxygen atoms in total. The molecule has 1 rings (SSSR count). The fraction of sp³-hybridized carbons (Fsp3) is 0.750. The molecule has 8 heteroatoms. The lowest BCUT2D eigenvalue weighted by molar-refractivity contribution is -0.120. The van der Waals surface area contributed by atoms with E-state index in [1.54, 1.807) is 0 Å². The van der Waals surface area contributed by atoms with Crippen molar-refractivity contribution < 1.29 is 13.6 Å². The number of hydrogen-bond donors (Lipinski definition) is 2. The Bertz CT molecular complexity index is 262. The van der Waals surface area contributed by atoms with Crippen molar-refractivity contribution in [3.63, 3.8) is 0 Å². The van der Waals surface area contributed by atoms with Crippen LogP contribution in [0.2, 0.25) is 0 Å². The van der Waals surface area contributed by atoms with Crippen LogP contribution in [0.15, 0.2) is 4.99 Å². The van der Waals surface area contributed by atoms with E-state index in [0.29, 0.717) is 12.5 Å². The molecule has 0 aromatic heterocycles. The number of carbonyl (C=O) groups is 1. The van der Waals surface area contributed by atoms with Crippen molar-refractivity contribution in [2.24, 2.45) is 4.99 Å². The van der Waals surface area contributed by atoms with E-state index in [9.17, 15) is 13.6 Å². The number of nitrogens with zero attached hydrogens (tertiary/aromatic N) is 2. The number of hydrogen-bond acceptors (Lipinski definition) is 4. The monoisotopic (exact) mass is 348 g/mol. The molecule has 0 aromatic carbocycles. The van der Waals surface area contributed by atoms with Gasteiger partial charge in [0.1, 0.15) is 0 Å². The Kier molecular flexibility index (Phi) is 7.26. The number of amides is 1. The van der Waals surface area contributed by atoms with Crippen molar-refractivity contribution >= 4 is 35.8 Å². The molecule has 0 spiro atoms. The predicted octanol–water partition coefficient (Wildman–Crippen LogP) is -0.123. The van der Waals surface area contributed by atoms with Crippen LogP contribution >= 0.6 is 24.0 Å². The van der Waals surface area contributed by atoms with Crippen LogP contribution in [0.4, 0.5) is 8.78 Å². The maximum atomic E-state index is 11.7. The van der Waals surface area contributed by atoms with Gasteiger partial charge < -0.3 is 15.5 Å². The standard InChI is InChI=1S/C8H14F2N4O.HI/c1-14-3-2-11-8(14)13-5-7(15)12-4-6(9)10;/h6H,2-5H2,1H3,(H,11,13)(H,12,15);1H. The van der Waals surface area contributed by atoms with Gasteiger partial charge in [0, 0.05) is 13.6 Å². The van der Waals surface area contributed by atoms with Gasteiger partial charge in [-0.25, -0.2) is 8.78 Å². The van der Waals surface area contributed by atoms with E-state index in [1.165, 1.54) is 0 Å². The predicted molar refractivity (Wildman–Crippen MR) is 67.4 cm³/mol. The van der Waals surface area contributed by atoms with Gasteiger partial charge in [0.25, 0.3) is 6.43 Å². The summed E-state index contributed by atoms with van der Waals surface area (Å²) in [5.41, 5.74) is 0. The topological polar surface area (TPSA) is 56.7 Å². The summed E-state index contributed by atoms with van der Waals surface area (Å²) in [4.78, 5) is 17.0. The highest BCUT2D eigenvalue weighted by Crippen LogP contribution is 1.94. The molecule has 0 unspecified atom stereocenters. The summed E-state index contributed by atoms with van der Waals surface area (Å²) in [7, 11) is 1.84. The van der Waals surface area contributed by atoms with Crippen LogP contribution in [0.5, 0.6) is 0 Å². The first kappa shape index (κ1) is 15.3. The van der Waals surface area contributed by atoms with Crippen LogP contribution in [-0.2, 0) is 4.79 Å². The molecule has 0 fully saturated rings. The lowest BCUT2D eigenvalue weighted by Gasteiger charge is -2.14. The molecule has 16 heavy (non-hydrogen) atoms. The van der Waals surface area contributed by atoms with Crippen molar-refractivity contribution in [2.45, 2.75) is 6.43 Å². The number of guanidine groups is 1. The van der Waals surface area contributed by atoms with Gasteiger partial charge in [0.2, 0.25) is 5.91 Å². The number of nitrogens with one attached hydrogen (secondary N) is 2. The Balaban J connectivity index is 0.00000225. The first-order valence-electron chi connectivity index (χ1n) is 4.64. The molecule has 0 aliphatic carbocycles. The molecular weight excluding hydrogens is 333 g/mol. The first-order valence-corrected chi connectivity index (χ1v) is 4.64. The smallest absolute Gasteiger partial charge is 0.255 e. The van der Waals surface area contributed by atoms with E-state index < -0.39 is 18.9 Å². The molecule has 1 heterocycles. The van der Waals surface area contributed by atoms with Crippen LogP contribution in [0.1, 0.15) is 0 Å². The second kappa shape index (κ2) is 7.58. The molecule has 0 saturated carbocycles.